The molecule has 10 nitrogen and oxygen atoms in total. The number of rotatable bonds is 11. The third-order valence-corrected chi connectivity index (χ3v) is 6.36. The number of carboxylic acid groups (broad SMARTS) is 1. The van der Waals surface area contributed by atoms with E-state index in [1.54, 1.807) is 23.5 Å². The second-order valence-corrected chi connectivity index (χ2v) is 9.73. The van der Waals surface area contributed by atoms with Crippen LogP contribution in [0.5, 0.6) is 5.75 Å². The minimum Gasteiger partial charge on any atom is -0.546 e. The fraction of sp³-hybridized carbons (Fsp3) is 0.560. The minimum atomic E-state index is -5.07. The van der Waals surface area contributed by atoms with Gasteiger partial charge in [-0.15, -0.1) is 0 Å². The second-order valence-electron chi connectivity index (χ2n) is 9.73. The molecule has 0 aliphatic heterocycles. The van der Waals surface area contributed by atoms with Crippen molar-refractivity contribution in [1.82, 2.24) is 19.7 Å². The number of hydrogen-bond acceptors (Lipinski definition) is 7. The molecule has 0 radical (unpaired) electrons. The molecule has 1 aromatic carbocycles. The van der Waals surface area contributed by atoms with Gasteiger partial charge in [-0.05, 0) is 57.2 Å². The van der Waals surface area contributed by atoms with Gasteiger partial charge in [-0.25, -0.2) is 9.48 Å². The lowest BCUT2D eigenvalue weighted by Crippen LogP contribution is -2.47. The second kappa shape index (κ2) is 11.8. The van der Waals surface area contributed by atoms with Crippen LogP contribution in [-0.4, -0.2) is 44.5 Å². The summed E-state index contributed by atoms with van der Waals surface area (Å²) in [6, 6.07) is 6.80. The molecule has 0 atom stereocenters. The molecular weight excluding hydrogens is 509 g/mol. The summed E-state index contributed by atoms with van der Waals surface area (Å²) in [5.41, 5.74) is -1.95. The highest BCUT2D eigenvalue weighted by molar-refractivity contribution is 5.81. The van der Waals surface area contributed by atoms with Gasteiger partial charge >= 0.3 is 17.8 Å². The molecular formula is C25H30F3N4O6-. The summed E-state index contributed by atoms with van der Waals surface area (Å²) in [7, 11) is 0. The van der Waals surface area contributed by atoms with Gasteiger partial charge in [-0.3, -0.25) is 14.2 Å². The molecule has 0 bridgehead atoms. The number of aromatic nitrogens is 3. The maximum absolute atomic E-state index is 13.0. The predicted octanol–water partition coefficient (Wildman–Crippen LogP) is 1.28. The summed E-state index contributed by atoms with van der Waals surface area (Å²) in [6.07, 6.45) is -0.926. The number of carbonyl (C=O) groups is 2. The maximum Gasteiger partial charge on any atom is 0.471 e. The predicted molar refractivity (Wildman–Crippen MR) is 128 cm³/mol. The van der Waals surface area contributed by atoms with Crippen LogP contribution in [0.4, 0.5) is 13.2 Å². The first-order valence-corrected chi connectivity index (χ1v) is 12.4. The topological polar surface area (TPSA) is 135 Å². The summed E-state index contributed by atoms with van der Waals surface area (Å²) < 4.78 is 44.9. The van der Waals surface area contributed by atoms with Gasteiger partial charge in [0.15, 0.2) is 0 Å². The highest BCUT2D eigenvalue weighted by Crippen LogP contribution is 2.31. The zero-order valence-electron chi connectivity index (χ0n) is 21.2. The number of alkyl halides is 3. The number of hydrogen-bond donors (Lipinski definition) is 1. The van der Waals surface area contributed by atoms with Gasteiger partial charge < -0.3 is 20.0 Å². The van der Waals surface area contributed by atoms with Crippen molar-refractivity contribution in [3.63, 3.8) is 0 Å². The van der Waals surface area contributed by atoms with E-state index in [4.69, 9.17) is 4.74 Å². The number of carboxylic acids is 1. The summed E-state index contributed by atoms with van der Waals surface area (Å²) >= 11 is 0. The van der Waals surface area contributed by atoms with Gasteiger partial charge in [0, 0.05) is 25.6 Å². The first kappa shape index (κ1) is 28.9. The maximum atomic E-state index is 13.0. The first-order valence-electron chi connectivity index (χ1n) is 12.4. The average Bonchev–Trinajstić information content (AvgIpc) is 3.36. The van der Waals surface area contributed by atoms with Crippen molar-refractivity contribution in [3.05, 3.63) is 56.4 Å². The molecule has 1 heterocycles. The number of halogens is 3. The van der Waals surface area contributed by atoms with Gasteiger partial charge in [-0.2, -0.15) is 18.3 Å². The number of aliphatic carboxylic acids is 1. The number of nitrogens with one attached hydrogen (secondary N) is 1. The number of nitrogens with zero attached hydrogens (tertiary/aromatic N) is 3. The van der Waals surface area contributed by atoms with Crippen molar-refractivity contribution in [3.8, 4) is 5.75 Å². The molecule has 1 aromatic heterocycles. The Morgan fingerprint density at radius 3 is 2.47 bits per heavy atom. The fourth-order valence-electron chi connectivity index (χ4n) is 4.29. The van der Waals surface area contributed by atoms with Crippen LogP contribution in [0.15, 0.2) is 33.9 Å². The molecule has 3 rings (SSSR count). The summed E-state index contributed by atoms with van der Waals surface area (Å²) in [5.74, 6) is -3.32. The molecule has 1 amide bonds. The van der Waals surface area contributed by atoms with Gasteiger partial charge in [0.25, 0.3) is 5.56 Å². The largest absolute Gasteiger partial charge is 0.546 e. The van der Waals surface area contributed by atoms with E-state index >= 15 is 0 Å². The molecule has 1 fully saturated rings. The van der Waals surface area contributed by atoms with Crippen molar-refractivity contribution in [2.75, 3.05) is 6.54 Å². The number of ether oxygens (including phenoxy) is 1. The Morgan fingerprint density at radius 1 is 1.16 bits per heavy atom. The molecule has 1 saturated carbocycles. The monoisotopic (exact) mass is 539 g/mol. The van der Waals surface area contributed by atoms with Gasteiger partial charge in [0.2, 0.25) is 0 Å². The zero-order chi connectivity index (χ0) is 28.1. The highest BCUT2D eigenvalue weighted by Gasteiger charge is 2.38. The van der Waals surface area contributed by atoms with Crippen molar-refractivity contribution in [1.29, 1.82) is 0 Å². The van der Waals surface area contributed by atoms with Crippen LogP contribution in [0.1, 0.15) is 63.1 Å². The molecule has 0 unspecified atom stereocenters. The fourth-order valence-corrected chi connectivity index (χ4v) is 4.29. The van der Waals surface area contributed by atoms with E-state index in [0.29, 0.717) is 18.6 Å². The van der Waals surface area contributed by atoms with E-state index in [0.717, 1.165) is 40.5 Å². The standard InChI is InChI=1S/C25H31F3N4O6/c1-24(2,22(35)36)38-18-11-5-7-16(15-18)8-6-13-32-23(37)31(14-12-29-21(34)25(26,27)28)20(33)19(30-32)17-9-3-4-10-17/h5,7,11,15,17H,3-4,6,8-10,12-14H2,1-2H3,(H,29,34)(H,35,36)/p-1. The Labute approximate surface area is 216 Å². The smallest absolute Gasteiger partial charge is 0.471 e. The lowest BCUT2D eigenvalue weighted by atomic mass is 10.0. The quantitative estimate of drug-likeness (QED) is 0.455. The van der Waals surface area contributed by atoms with Crippen molar-refractivity contribution < 1.29 is 32.6 Å². The number of carbonyl (C=O) groups excluding carboxylic acids is 2. The lowest BCUT2D eigenvalue weighted by molar-refractivity contribution is -0.320. The normalized spacial score (nSPS) is 14.4. The van der Waals surface area contributed by atoms with Crippen LogP contribution in [0, 0.1) is 0 Å². The molecule has 2 aromatic rings. The summed E-state index contributed by atoms with van der Waals surface area (Å²) in [6.45, 7) is 1.91. The van der Waals surface area contributed by atoms with E-state index in [9.17, 15) is 37.5 Å². The molecule has 38 heavy (non-hydrogen) atoms. The van der Waals surface area contributed by atoms with Crippen LogP contribution in [0.3, 0.4) is 0 Å². The van der Waals surface area contributed by atoms with Crippen molar-refractivity contribution in [2.24, 2.45) is 0 Å². The summed E-state index contributed by atoms with van der Waals surface area (Å²) in [5, 5.41) is 17.2. The lowest BCUT2D eigenvalue weighted by Gasteiger charge is -2.27. The Morgan fingerprint density at radius 2 is 1.84 bits per heavy atom. The molecule has 1 N–H and O–H groups in total. The van der Waals surface area contributed by atoms with Crippen molar-refractivity contribution in [2.45, 2.75) is 83.2 Å². The Bertz CT molecular complexity index is 1280. The SMILES string of the molecule is CC(C)(Oc1cccc(CCCn2nc(C3CCCC3)c(=O)n(CCNC(=O)C(F)(F)F)c2=O)c1)C(=O)[O-]. The van der Waals surface area contributed by atoms with Gasteiger partial charge in [-0.1, -0.05) is 25.0 Å². The van der Waals surface area contributed by atoms with Gasteiger partial charge in [0.05, 0.1) is 5.97 Å². The number of benzene rings is 1. The third-order valence-electron chi connectivity index (χ3n) is 6.36. The Kier molecular flexibility index (Phi) is 9.00. The van der Waals surface area contributed by atoms with Crippen LogP contribution >= 0.6 is 0 Å². The Hall–Kier alpha value is -3.64. The Balaban J connectivity index is 1.76. The van der Waals surface area contributed by atoms with Crippen LogP contribution in [0.2, 0.25) is 0 Å². The molecule has 0 saturated heterocycles. The van der Waals surface area contributed by atoms with E-state index in [-0.39, 0.29) is 18.2 Å². The van der Waals surface area contributed by atoms with Gasteiger partial charge in [0.1, 0.15) is 17.0 Å². The van der Waals surface area contributed by atoms with Crippen LogP contribution in [-0.2, 0) is 29.1 Å². The average molecular weight is 540 g/mol. The van der Waals surface area contributed by atoms with Crippen LogP contribution in [0.25, 0.3) is 0 Å². The number of aryl methyl sites for hydroxylation is 2. The molecule has 0 spiro atoms. The first-order chi connectivity index (χ1) is 17.8. The molecule has 13 heteroatoms. The molecule has 208 valence electrons. The van der Waals surface area contributed by atoms with E-state index in [1.165, 1.54) is 13.8 Å². The summed E-state index contributed by atoms with van der Waals surface area (Å²) in [4.78, 5) is 48.3. The highest BCUT2D eigenvalue weighted by atomic mass is 19.4. The van der Waals surface area contributed by atoms with E-state index < -0.39 is 48.0 Å². The van der Waals surface area contributed by atoms with Crippen LogP contribution < -0.4 is 26.4 Å². The number of amides is 1. The zero-order valence-corrected chi connectivity index (χ0v) is 21.2. The van der Waals surface area contributed by atoms with Crippen molar-refractivity contribution >= 4 is 11.9 Å². The third kappa shape index (κ3) is 7.23. The molecule has 1 aliphatic rings. The van der Waals surface area contributed by atoms with E-state index in [1.807, 2.05) is 6.07 Å². The van der Waals surface area contributed by atoms with E-state index in [2.05, 4.69) is 5.10 Å². The molecule has 1 aliphatic carbocycles. The minimum absolute atomic E-state index is 0.128.